The molecule has 0 aromatic heterocycles. The molecule has 3 atom stereocenters. The highest BCUT2D eigenvalue weighted by molar-refractivity contribution is 5.35. The molecule has 0 amide bonds. The Morgan fingerprint density at radius 2 is 2.00 bits per heavy atom. The topological polar surface area (TPSA) is 35.2 Å². The van der Waals surface area contributed by atoms with Gasteiger partial charge in [0.2, 0.25) is 0 Å². The third-order valence-corrected chi connectivity index (χ3v) is 3.62. The van der Waals surface area contributed by atoms with Crippen molar-refractivity contribution in [3.8, 4) is 0 Å². The largest absolute Gasteiger partial charge is 0.416 e. The maximum absolute atomic E-state index is 12.6. The minimum atomic E-state index is -4.31. The average Bonchev–Trinajstić information content (AvgIpc) is 2.73. The SMILES string of the molecule is Cc1cc(C(F)(F)F)ccc1C(N)C1CCC(C)O1. The first kappa shape index (κ1) is 14.3. The van der Waals surface area contributed by atoms with Crippen LogP contribution in [0.3, 0.4) is 0 Å². The van der Waals surface area contributed by atoms with E-state index in [2.05, 4.69) is 0 Å². The van der Waals surface area contributed by atoms with Gasteiger partial charge in [0.1, 0.15) is 0 Å². The molecule has 1 aliphatic heterocycles. The zero-order valence-corrected chi connectivity index (χ0v) is 11.0. The molecule has 1 aromatic rings. The van der Waals surface area contributed by atoms with Crippen molar-refractivity contribution in [3.63, 3.8) is 0 Å². The van der Waals surface area contributed by atoms with Crippen LogP contribution in [0.1, 0.15) is 42.5 Å². The fourth-order valence-corrected chi connectivity index (χ4v) is 2.52. The summed E-state index contributed by atoms with van der Waals surface area (Å²) in [6, 6.07) is 3.33. The summed E-state index contributed by atoms with van der Waals surface area (Å²) in [7, 11) is 0. The van der Waals surface area contributed by atoms with Crippen LogP contribution in [0.15, 0.2) is 18.2 Å². The first-order valence-electron chi connectivity index (χ1n) is 6.38. The Balaban J connectivity index is 2.21. The number of benzene rings is 1. The Labute approximate surface area is 110 Å². The molecule has 1 saturated heterocycles. The van der Waals surface area contributed by atoms with E-state index in [-0.39, 0.29) is 18.2 Å². The highest BCUT2D eigenvalue weighted by Crippen LogP contribution is 2.34. The van der Waals surface area contributed by atoms with Crippen LogP contribution in [-0.2, 0) is 10.9 Å². The van der Waals surface area contributed by atoms with Gasteiger partial charge in [-0.2, -0.15) is 13.2 Å². The molecular weight excluding hydrogens is 255 g/mol. The van der Waals surface area contributed by atoms with Crippen molar-refractivity contribution in [1.29, 1.82) is 0 Å². The maximum Gasteiger partial charge on any atom is 0.416 e. The number of hydrogen-bond donors (Lipinski definition) is 1. The summed E-state index contributed by atoms with van der Waals surface area (Å²) in [5.74, 6) is 0. The smallest absolute Gasteiger partial charge is 0.373 e. The molecular formula is C14H18F3NO. The van der Waals surface area contributed by atoms with E-state index in [1.54, 1.807) is 6.92 Å². The molecule has 0 spiro atoms. The summed E-state index contributed by atoms with van der Waals surface area (Å²) in [5.41, 5.74) is 6.77. The quantitative estimate of drug-likeness (QED) is 0.893. The Morgan fingerprint density at radius 3 is 2.47 bits per heavy atom. The zero-order chi connectivity index (χ0) is 14.2. The van der Waals surface area contributed by atoms with E-state index in [1.807, 2.05) is 6.92 Å². The number of alkyl halides is 3. The van der Waals surface area contributed by atoms with E-state index < -0.39 is 11.7 Å². The Morgan fingerprint density at radius 1 is 1.32 bits per heavy atom. The third kappa shape index (κ3) is 3.09. The monoisotopic (exact) mass is 273 g/mol. The lowest BCUT2D eigenvalue weighted by molar-refractivity contribution is -0.137. The van der Waals surface area contributed by atoms with Crippen molar-refractivity contribution in [2.45, 2.75) is 51.1 Å². The van der Waals surface area contributed by atoms with E-state index in [1.165, 1.54) is 6.07 Å². The van der Waals surface area contributed by atoms with Gasteiger partial charge in [-0.1, -0.05) is 6.07 Å². The molecule has 1 aromatic carbocycles. The van der Waals surface area contributed by atoms with Gasteiger partial charge in [0, 0.05) is 0 Å². The lowest BCUT2D eigenvalue weighted by atomic mass is 9.94. The van der Waals surface area contributed by atoms with Crippen LogP contribution in [0.2, 0.25) is 0 Å². The van der Waals surface area contributed by atoms with Crippen molar-refractivity contribution < 1.29 is 17.9 Å². The highest BCUT2D eigenvalue weighted by Gasteiger charge is 2.33. The van der Waals surface area contributed by atoms with Gasteiger partial charge in [-0.25, -0.2) is 0 Å². The number of halogens is 3. The molecule has 1 heterocycles. The maximum atomic E-state index is 12.6. The van der Waals surface area contributed by atoms with Crippen molar-refractivity contribution in [3.05, 3.63) is 34.9 Å². The fraction of sp³-hybridized carbons (Fsp3) is 0.571. The van der Waals surface area contributed by atoms with Crippen LogP contribution >= 0.6 is 0 Å². The normalized spacial score (nSPS) is 25.6. The zero-order valence-electron chi connectivity index (χ0n) is 11.0. The Hall–Kier alpha value is -1.07. The van der Waals surface area contributed by atoms with Gasteiger partial charge in [-0.05, 0) is 49.9 Å². The molecule has 3 unspecified atom stereocenters. The average molecular weight is 273 g/mol. The third-order valence-electron chi connectivity index (χ3n) is 3.62. The van der Waals surface area contributed by atoms with Gasteiger partial charge in [0.15, 0.2) is 0 Å². The van der Waals surface area contributed by atoms with E-state index in [9.17, 15) is 13.2 Å². The number of aryl methyl sites for hydroxylation is 1. The van der Waals surface area contributed by atoms with Gasteiger partial charge >= 0.3 is 6.18 Å². The minimum Gasteiger partial charge on any atom is -0.373 e. The molecule has 0 aliphatic carbocycles. The minimum absolute atomic E-state index is 0.106. The van der Waals surface area contributed by atoms with Gasteiger partial charge < -0.3 is 10.5 Å². The Kier molecular flexibility index (Phi) is 3.87. The summed E-state index contributed by atoms with van der Waals surface area (Å²) in [6.45, 7) is 3.63. The van der Waals surface area contributed by atoms with Crippen LogP contribution in [0.4, 0.5) is 13.2 Å². The van der Waals surface area contributed by atoms with Crippen LogP contribution in [0.5, 0.6) is 0 Å². The molecule has 2 rings (SSSR count). The number of ether oxygens (including phenoxy) is 1. The second kappa shape index (κ2) is 5.13. The molecule has 106 valence electrons. The van der Waals surface area contributed by atoms with Crippen LogP contribution < -0.4 is 5.73 Å². The van der Waals surface area contributed by atoms with Gasteiger partial charge in [-0.3, -0.25) is 0 Å². The Bertz CT molecular complexity index is 458. The molecule has 1 aliphatic rings. The number of nitrogens with two attached hydrogens (primary N) is 1. The standard InChI is InChI=1S/C14H18F3NO/c1-8-7-10(14(15,16)17)4-5-11(8)13(18)12-6-3-9(2)19-12/h4-5,7,9,12-13H,3,6,18H2,1-2H3. The van der Waals surface area contributed by atoms with Crippen molar-refractivity contribution in [1.82, 2.24) is 0 Å². The second-order valence-corrected chi connectivity index (χ2v) is 5.16. The van der Waals surface area contributed by atoms with E-state index in [4.69, 9.17) is 10.5 Å². The van der Waals surface area contributed by atoms with E-state index >= 15 is 0 Å². The van der Waals surface area contributed by atoms with E-state index in [0.717, 1.165) is 30.5 Å². The van der Waals surface area contributed by atoms with Crippen molar-refractivity contribution >= 4 is 0 Å². The predicted octanol–water partition coefficient (Wildman–Crippen LogP) is 3.58. The first-order valence-corrected chi connectivity index (χ1v) is 6.38. The molecule has 19 heavy (non-hydrogen) atoms. The molecule has 2 nitrogen and oxygen atoms in total. The van der Waals surface area contributed by atoms with Crippen molar-refractivity contribution in [2.75, 3.05) is 0 Å². The number of rotatable bonds is 2. The summed E-state index contributed by atoms with van der Waals surface area (Å²) < 4.78 is 43.5. The van der Waals surface area contributed by atoms with Crippen LogP contribution in [0, 0.1) is 6.92 Å². The molecule has 0 saturated carbocycles. The fourth-order valence-electron chi connectivity index (χ4n) is 2.52. The molecule has 2 N–H and O–H groups in total. The summed E-state index contributed by atoms with van der Waals surface area (Å²) >= 11 is 0. The van der Waals surface area contributed by atoms with Gasteiger partial charge in [-0.15, -0.1) is 0 Å². The van der Waals surface area contributed by atoms with Gasteiger partial charge in [0.25, 0.3) is 0 Å². The van der Waals surface area contributed by atoms with Crippen LogP contribution in [-0.4, -0.2) is 12.2 Å². The lowest BCUT2D eigenvalue weighted by Crippen LogP contribution is -2.27. The van der Waals surface area contributed by atoms with Gasteiger partial charge in [0.05, 0.1) is 23.8 Å². The first-order chi connectivity index (χ1) is 8.79. The summed E-state index contributed by atoms with van der Waals surface area (Å²) in [5, 5.41) is 0. The molecule has 0 bridgehead atoms. The number of hydrogen-bond acceptors (Lipinski definition) is 2. The van der Waals surface area contributed by atoms with Crippen molar-refractivity contribution in [2.24, 2.45) is 5.73 Å². The predicted molar refractivity (Wildman–Crippen MR) is 66.7 cm³/mol. The highest BCUT2D eigenvalue weighted by atomic mass is 19.4. The molecule has 5 heteroatoms. The van der Waals surface area contributed by atoms with E-state index in [0.29, 0.717) is 5.56 Å². The summed E-state index contributed by atoms with van der Waals surface area (Å²) in [4.78, 5) is 0. The molecule has 1 fully saturated rings. The summed E-state index contributed by atoms with van der Waals surface area (Å²) in [6.07, 6.45) is -2.46. The molecule has 0 radical (unpaired) electrons. The second-order valence-electron chi connectivity index (χ2n) is 5.16. The lowest BCUT2D eigenvalue weighted by Gasteiger charge is -2.22. The van der Waals surface area contributed by atoms with Crippen LogP contribution in [0.25, 0.3) is 0 Å².